The molecule has 0 aliphatic carbocycles. The number of likely N-dealkylation sites (tertiary alicyclic amines) is 2. The monoisotopic (exact) mass is 407 g/mol. The molecule has 160 valence electrons. The Morgan fingerprint density at radius 2 is 1.87 bits per heavy atom. The number of piperidine rings is 2. The topological polar surface area (TPSA) is 61.4 Å². The summed E-state index contributed by atoms with van der Waals surface area (Å²) < 4.78 is 0. The van der Waals surface area contributed by atoms with Crippen molar-refractivity contribution in [2.24, 2.45) is 5.92 Å². The smallest absolute Gasteiger partial charge is 0.224 e. The predicted molar refractivity (Wildman–Crippen MR) is 118 cm³/mol. The molecule has 1 atom stereocenters. The molecule has 2 aliphatic heterocycles. The van der Waals surface area contributed by atoms with Crippen LogP contribution in [-0.2, 0) is 17.8 Å². The van der Waals surface area contributed by atoms with E-state index >= 15 is 0 Å². The summed E-state index contributed by atoms with van der Waals surface area (Å²) in [5.74, 6) is 0.336. The van der Waals surface area contributed by atoms with Crippen LogP contribution in [0.25, 0.3) is 0 Å². The van der Waals surface area contributed by atoms with Crippen molar-refractivity contribution in [2.75, 3.05) is 32.7 Å². The number of hydrogen-bond acceptors (Lipinski definition) is 5. The number of amides is 1. The molecule has 2 fully saturated rings. The fraction of sp³-hybridized carbons (Fsp3) is 0.542. The van der Waals surface area contributed by atoms with E-state index in [0.717, 1.165) is 57.7 Å². The lowest BCUT2D eigenvalue weighted by atomic mass is 9.93. The zero-order chi connectivity index (χ0) is 20.6. The molecule has 4 rings (SSSR count). The zero-order valence-electron chi connectivity index (χ0n) is 17.7. The predicted octanol–water partition coefficient (Wildman–Crippen LogP) is 2.51. The molecule has 0 radical (unpaired) electrons. The van der Waals surface area contributed by atoms with Gasteiger partial charge in [-0.25, -0.2) is 0 Å². The molecular weight excluding hydrogens is 374 g/mol. The summed E-state index contributed by atoms with van der Waals surface area (Å²) in [7, 11) is 0. The Bertz CT molecular complexity index is 777. The molecule has 6 nitrogen and oxygen atoms in total. The van der Waals surface area contributed by atoms with Crippen molar-refractivity contribution in [3.8, 4) is 0 Å². The van der Waals surface area contributed by atoms with E-state index in [0.29, 0.717) is 12.6 Å². The van der Waals surface area contributed by atoms with E-state index in [1.165, 1.54) is 18.4 Å². The lowest BCUT2D eigenvalue weighted by Crippen LogP contribution is -2.50. The third-order valence-corrected chi connectivity index (χ3v) is 6.46. The Morgan fingerprint density at radius 1 is 1.03 bits per heavy atom. The van der Waals surface area contributed by atoms with E-state index in [2.05, 4.69) is 37.2 Å². The second-order valence-corrected chi connectivity index (χ2v) is 8.56. The van der Waals surface area contributed by atoms with Crippen LogP contribution in [0.5, 0.6) is 0 Å². The Morgan fingerprint density at radius 3 is 2.63 bits per heavy atom. The molecule has 2 aromatic rings. The molecule has 2 saturated heterocycles. The van der Waals surface area contributed by atoms with Crippen LogP contribution in [0.2, 0.25) is 0 Å². The first-order chi connectivity index (χ1) is 14.8. The number of nitrogens with one attached hydrogen (secondary N) is 1. The van der Waals surface area contributed by atoms with Gasteiger partial charge in [-0.1, -0.05) is 6.07 Å². The normalized spacial score (nSPS) is 21.4. The molecule has 0 unspecified atom stereocenters. The minimum atomic E-state index is 0.123. The Hall–Kier alpha value is -2.31. The number of carbonyl (C=O) groups excluding carboxylic acids is 1. The van der Waals surface area contributed by atoms with Gasteiger partial charge in [0.2, 0.25) is 5.91 Å². The first-order valence-electron chi connectivity index (χ1n) is 11.3. The molecule has 1 N–H and O–H groups in total. The van der Waals surface area contributed by atoms with Crippen LogP contribution in [0.4, 0.5) is 0 Å². The van der Waals surface area contributed by atoms with Crippen LogP contribution in [0.1, 0.15) is 36.9 Å². The highest BCUT2D eigenvalue weighted by molar-refractivity contribution is 5.78. The number of hydrogen-bond donors (Lipinski definition) is 1. The van der Waals surface area contributed by atoms with Crippen molar-refractivity contribution in [1.82, 2.24) is 25.1 Å². The van der Waals surface area contributed by atoms with Gasteiger partial charge in [0.1, 0.15) is 0 Å². The minimum Gasteiger partial charge on any atom is -0.355 e. The van der Waals surface area contributed by atoms with E-state index in [1.54, 1.807) is 6.20 Å². The largest absolute Gasteiger partial charge is 0.355 e. The van der Waals surface area contributed by atoms with E-state index < -0.39 is 0 Å². The van der Waals surface area contributed by atoms with Gasteiger partial charge in [-0.2, -0.15) is 0 Å². The molecular formula is C24H33N5O. The fourth-order valence-corrected chi connectivity index (χ4v) is 4.75. The summed E-state index contributed by atoms with van der Waals surface area (Å²) in [5.41, 5.74) is 2.37. The second-order valence-electron chi connectivity index (χ2n) is 8.56. The number of nitrogens with zero attached hydrogens (tertiary/aromatic N) is 4. The first-order valence-corrected chi connectivity index (χ1v) is 11.3. The summed E-state index contributed by atoms with van der Waals surface area (Å²) in [6, 6.07) is 10.7. The van der Waals surface area contributed by atoms with Gasteiger partial charge in [-0.3, -0.25) is 24.6 Å². The highest BCUT2D eigenvalue weighted by atomic mass is 16.1. The number of carbonyl (C=O) groups is 1. The first kappa shape index (κ1) is 20.9. The van der Waals surface area contributed by atoms with Crippen LogP contribution < -0.4 is 5.32 Å². The van der Waals surface area contributed by atoms with Crippen molar-refractivity contribution < 1.29 is 4.79 Å². The van der Waals surface area contributed by atoms with Crippen molar-refractivity contribution in [3.63, 3.8) is 0 Å². The average molecular weight is 408 g/mol. The summed E-state index contributed by atoms with van der Waals surface area (Å²) in [5, 5.41) is 3.14. The van der Waals surface area contributed by atoms with Crippen molar-refractivity contribution >= 4 is 5.91 Å². The van der Waals surface area contributed by atoms with Crippen molar-refractivity contribution in [2.45, 2.75) is 44.7 Å². The molecule has 1 amide bonds. The van der Waals surface area contributed by atoms with Gasteiger partial charge in [0.05, 0.1) is 5.92 Å². The summed E-state index contributed by atoms with van der Waals surface area (Å²) in [6.07, 6.45) is 10.9. The molecule has 0 spiro atoms. The molecule has 2 aliphatic rings. The highest BCUT2D eigenvalue weighted by Crippen LogP contribution is 2.24. The van der Waals surface area contributed by atoms with Crippen molar-refractivity contribution in [1.29, 1.82) is 0 Å². The maximum absolute atomic E-state index is 12.7. The van der Waals surface area contributed by atoms with Crippen LogP contribution in [-0.4, -0.2) is 64.4 Å². The standard InChI is InChI=1S/C24H33N5O/c30-24(27-14-8-22-5-1-2-11-26-22)21-4-3-15-29(19-21)23-9-16-28(17-10-23)18-20-6-12-25-13-7-20/h1-2,5-7,11-13,21,23H,3-4,8-10,14-19H2,(H,27,30)/t21-/m0/s1. The lowest BCUT2D eigenvalue weighted by Gasteiger charge is -2.42. The summed E-state index contributed by atoms with van der Waals surface area (Å²) in [6.45, 7) is 5.97. The molecule has 4 heterocycles. The minimum absolute atomic E-state index is 0.123. The van der Waals surface area contributed by atoms with Crippen LogP contribution in [0.15, 0.2) is 48.9 Å². The number of pyridine rings is 2. The second kappa shape index (κ2) is 10.6. The molecule has 0 bridgehead atoms. The third kappa shape index (κ3) is 5.86. The highest BCUT2D eigenvalue weighted by Gasteiger charge is 2.31. The molecule has 0 saturated carbocycles. The van der Waals surface area contributed by atoms with Gasteiger partial charge in [-0.05, 0) is 75.1 Å². The van der Waals surface area contributed by atoms with E-state index in [1.807, 2.05) is 30.6 Å². The Balaban J connectivity index is 1.20. The maximum atomic E-state index is 12.7. The molecule has 2 aromatic heterocycles. The fourth-order valence-electron chi connectivity index (χ4n) is 4.75. The number of aromatic nitrogens is 2. The van der Waals surface area contributed by atoms with Gasteiger partial charge in [0.15, 0.2) is 0 Å². The SMILES string of the molecule is O=C(NCCc1ccccn1)[C@H]1CCCN(C2CCN(Cc3ccncc3)CC2)C1. The maximum Gasteiger partial charge on any atom is 0.224 e. The van der Waals surface area contributed by atoms with Crippen LogP contribution in [0.3, 0.4) is 0 Å². The van der Waals surface area contributed by atoms with Gasteiger partial charge >= 0.3 is 0 Å². The molecule has 0 aromatic carbocycles. The summed E-state index contributed by atoms with van der Waals surface area (Å²) >= 11 is 0. The van der Waals surface area contributed by atoms with Gasteiger partial charge in [0.25, 0.3) is 0 Å². The zero-order valence-corrected chi connectivity index (χ0v) is 17.7. The van der Waals surface area contributed by atoms with Gasteiger partial charge in [-0.15, -0.1) is 0 Å². The average Bonchev–Trinajstić information content (AvgIpc) is 2.81. The quantitative estimate of drug-likeness (QED) is 0.764. The lowest BCUT2D eigenvalue weighted by molar-refractivity contribution is -0.127. The molecule has 6 heteroatoms. The van der Waals surface area contributed by atoms with Crippen LogP contribution in [0, 0.1) is 5.92 Å². The third-order valence-electron chi connectivity index (χ3n) is 6.46. The van der Waals surface area contributed by atoms with Gasteiger partial charge < -0.3 is 5.32 Å². The number of rotatable bonds is 7. The van der Waals surface area contributed by atoms with Crippen molar-refractivity contribution in [3.05, 3.63) is 60.2 Å². The van der Waals surface area contributed by atoms with E-state index in [4.69, 9.17) is 0 Å². The summed E-state index contributed by atoms with van der Waals surface area (Å²) in [4.78, 5) is 26.3. The van der Waals surface area contributed by atoms with Gasteiger partial charge in [0, 0.05) is 56.4 Å². The van der Waals surface area contributed by atoms with E-state index in [-0.39, 0.29) is 11.8 Å². The van der Waals surface area contributed by atoms with E-state index in [9.17, 15) is 4.79 Å². The molecule has 30 heavy (non-hydrogen) atoms. The van der Waals surface area contributed by atoms with Crippen LogP contribution >= 0.6 is 0 Å². The Kier molecular flexibility index (Phi) is 7.43. The Labute approximate surface area is 179 Å².